The molecule has 0 fully saturated rings. The molecule has 0 aliphatic heterocycles. The van der Waals surface area contributed by atoms with Crippen LogP contribution in [0.15, 0.2) is 0 Å². The number of aromatic nitrogens is 1. The fourth-order valence-corrected chi connectivity index (χ4v) is 3.19. The smallest absolute Gasteiger partial charge is 0.183 e. The topological polar surface area (TPSA) is 24.9 Å². The van der Waals surface area contributed by atoms with E-state index in [0.717, 1.165) is 24.0 Å². The van der Waals surface area contributed by atoms with E-state index in [9.17, 15) is 0 Å². The number of nitrogens with one attached hydrogen (secondary N) is 1. The molecule has 1 aliphatic carbocycles. The number of anilines is 1. The van der Waals surface area contributed by atoms with Crippen LogP contribution in [-0.4, -0.2) is 11.5 Å². The average molecular weight is 224 g/mol. The van der Waals surface area contributed by atoms with Crippen LogP contribution >= 0.6 is 11.3 Å². The number of hydrogen-bond acceptors (Lipinski definition) is 3. The van der Waals surface area contributed by atoms with Crippen LogP contribution in [-0.2, 0) is 6.42 Å². The second kappa shape index (κ2) is 4.52. The Hall–Kier alpha value is -0.570. The van der Waals surface area contributed by atoms with E-state index in [1.54, 1.807) is 0 Å². The van der Waals surface area contributed by atoms with Gasteiger partial charge in [-0.3, -0.25) is 0 Å². The lowest BCUT2D eigenvalue weighted by Crippen LogP contribution is -2.14. The second-order valence-corrected chi connectivity index (χ2v) is 5.64. The van der Waals surface area contributed by atoms with Gasteiger partial charge in [-0.05, 0) is 25.2 Å². The molecule has 2 atom stereocenters. The Bertz CT molecular complexity index is 332. The molecule has 1 aliphatic rings. The van der Waals surface area contributed by atoms with Crippen LogP contribution in [0.5, 0.6) is 0 Å². The molecule has 0 bridgehead atoms. The summed E-state index contributed by atoms with van der Waals surface area (Å²) in [6.45, 7) is 7.87. The molecule has 3 heteroatoms. The average Bonchev–Trinajstić information content (AvgIpc) is 2.64. The first-order chi connectivity index (χ1) is 7.22. The minimum Gasteiger partial charge on any atom is -0.362 e. The lowest BCUT2D eigenvalue weighted by molar-refractivity contribution is 0.422. The van der Waals surface area contributed by atoms with E-state index in [0.29, 0.717) is 5.92 Å². The molecule has 0 saturated heterocycles. The maximum Gasteiger partial charge on any atom is 0.183 e. The van der Waals surface area contributed by atoms with Gasteiger partial charge < -0.3 is 5.32 Å². The highest BCUT2D eigenvalue weighted by atomic mass is 32.1. The van der Waals surface area contributed by atoms with Crippen molar-refractivity contribution in [3.63, 3.8) is 0 Å². The summed E-state index contributed by atoms with van der Waals surface area (Å²) in [6, 6.07) is 0. The van der Waals surface area contributed by atoms with Crippen molar-refractivity contribution < 1.29 is 0 Å². The lowest BCUT2D eigenvalue weighted by Gasteiger charge is -2.24. The largest absolute Gasteiger partial charge is 0.362 e. The summed E-state index contributed by atoms with van der Waals surface area (Å²) < 4.78 is 0. The third kappa shape index (κ3) is 2.17. The van der Waals surface area contributed by atoms with E-state index >= 15 is 0 Å². The molecular weight excluding hydrogens is 204 g/mol. The first-order valence-electron chi connectivity index (χ1n) is 5.95. The molecule has 15 heavy (non-hydrogen) atoms. The highest BCUT2D eigenvalue weighted by Gasteiger charge is 2.26. The Balaban J connectivity index is 2.16. The third-order valence-electron chi connectivity index (χ3n) is 3.37. The van der Waals surface area contributed by atoms with Gasteiger partial charge in [-0.15, -0.1) is 11.3 Å². The standard InChI is InChI=1S/C12H20N2S/c1-4-7-13-12-14-11-9(3)8(2)5-6-10(11)15-12/h8-9H,4-7H2,1-3H3,(H,13,14). The first-order valence-corrected chi connectivity index (χ1v) is 6.77. The van der Waals surface area contributed by atoms with Crippen molar-refractivity contribution in [3.8, 4) is 0 Å². The molecule has 0 amide bonds. The fraction of sp³-hybridized carbons (Fsp3) is 0.750. The molecule has 2 unspecified atom stereocenters. The van der Waals surface area contributed by atoms with Gasteiger partial charge in [0.2, 0.25) is 0 Å². The van der Waals surface area contributed by atoms with Crippen LogP contribution in [0.2, 0.25) is 0 Å². The monoisotopic (exact) mass is 224 g/mol. The van der Waals surface area contributed by atoms with Gasteiger partial charge in [-0.1, -0.05) is 20.8 Å². The Morgan fingerprint density at radius 1 is 1.47 bits per heavy atom. The quantitative estimate of drug-likeness (QED) is 0.847. The Morgan fingerprint density at radius 3 is 3.00 bits per heavy atom. The van der Waals surface area contributed by atoms with Crippen LogP contribution < -0.4 is 5.32 Å². The van der Waals surface area contributed by atoms with E-state index in [-0.39, 0.29) is 0 Å². The Labute approximate surface area is 96.1 Å². The predicted octanol–water partition coefficient (Wildman–Crippen LogP) is 3.65. The van der Waals surface area contributed by atoms with Gasteiger partial charge in [0, 0.05) is 17.3 Å². The third-order valence-corrected chi connectivity index (χ3v) is 4.45. The molecule has 2 rings (SSSR count). The van der Waals surface area contributed by atoms with Crippen LogP contribution in [0.4, 0.5) is 5.13 Å². The van der Waals surface area contributed by atoms with Gasteiger partial charge in [0.05, 0.1) is 5.69 Å². The van der Waals surface area contributed by atoms with Crippen molar-refractivity contribution in [1.82, 2.24) is 4.98 Å². The van der Waals surface area contributed by atoms with Crippen LogP contribution in [0.1, 0.15) is 50.1 Å². The van der Waals surface area contributed by atoms with Crippen LogP contribution in [0, 0.1) is 5.92 Å². The summed E-state index contributed by atoms with van der Waals surface area (Å²) in [7, 11) is 0. The van der Waals surface area contributed by atoms with Crippen LogP contribution in [0.3, 0.4) is 0 Å². The van der Waals surface area contributed by atoms with Crippen molar-refractivity contribution in [2.45, 2.75) is 46.0 Å². The fourth-order valence-electron chi connectivity index (χ4n) is 2.08. The maximum absolute atomic E-state index is 4.73. The van der Waals surface area contributed by atoms with E-state index in [1.807, 2.05) is 11.3 Å². The van der Waals surface area contributed by atoms with Gasteiger partial charge in [0.25, 0.3) is 0 Å². The summed E-state index contributed by atoms with van der Waals surface area (Å²) >= 11 is 1.86. The van der Waals surface area contributed by atoms with E-state index in [2.05, 4.69) is 26.1 Å². The molecule has 1 N–H and O–H groups in total. The number of thiazole rings is 1. The number of fused-ring (bicyclic) bond motifs is 1. The van der Waals surface area contributed by atoms with Crippen molar-refractivity contribution in [2.75, 3.05) is 11.9 Å². The number of rotatable bonds is 3. The normalized spacial score (nSPS) is 25.0. The zero-order valence-electron chi connectivity index (χ0n) is 9.84. The number of aryl methyl sites for hydroxylation is 1. The molecule has 1 aromatic rings. The Kier molecular flexibility index (Phi) is 3.29. The van der Waals surface area contributed by atoms with Crippen molar-refractivity contribution in [3.05, 3.63) is 10.6 Å². The zero-order valence-corrected chi connectivity index (χ0v) is 10.7. The van der Waals surface area contributed by atoms with Gasteiger partial charge in [-0.25, -0.2) is 4.98 Å². The second-order valence-electron chi connectivity index (χ2n) is 4.56. The van der Waals surface area contributed by atoms with Crippen molar-refractivity contribution >= 4 is 16.5 Å². The highest BCUT2D eigenvalue weighted by Crippen LogP contribution is 2.39. The lowest BCUT2D eigenvalue weighted by atomic mass is 9.83. The molecule has 0 aromatic carbocycles. The first kappa shape index (κ1) is 10.9. The van der Waals surface area contributed by atoms with Gasteiger partial charge in [0.15, 0.2) is 5.13 Å². The van der Waals surface area contributed by atoms with Crippen molar-refractivity contribution in [2.24, 2.45) is 5.92 Å². The predicted molar refractivity (Wildman–Crippen MR) is 66.8 cm³/mol. The summed E-state index contributed by atoms with van der Waals surface area (Å²) in [5.74, 6) is 1.43. The summed E-state index contributed by atoms with van der Waals surface area (Å²) in [5.41, 5.74) is 1.36. The molecule has 1 heterocycles. The Morgan fingerprint density at radius 2 is 2.27 bits per heavy atom. The summed E-state index contributed by atoms with van der Waals surface area (Å²) in [6.07, 6.45) is 3.71. The number of nitrogens with zero attached hydrogens (tertiary/aromatic N) is 1. The van der Waals surface area contributed by atoms with E-state index in [4.69, 9.17) is 4.98 Å². The van der Waals surface area contributed by atoms with Crippen molar-refractivity contribution in [1.29, 1.82) is 0 Å². The highest BCUT2D eigenvalue weighted by molar-refractivity contribution is 7.15. The molecule has 1 aromatic heterocycles. The molecule has 0 radical (unpaired) electrons. The molecular formula is C12H20N2S. The molecule has 2 nitrogen and oxygen atoms in total. The molecule has 0 spiro atoms. The zero-order chi connectivity index (χ0) is 10.8. The minimum atomic E-state index is 0.641. The van der Waals surface area contributed by atoms with Gasteiger partial charge in [-0.2, -0.15) is 0 Å². The van der Waals surface area contributed by atoms with Gasteiger partial charge in [0.1, 0.15) is 0 Å². The van der Waals surface area contributed by atoms with E-state index in [1.165, 1.54) is 23.4 Å². The SMILES string of the molecule is CCCNc1nc2c(s1)CCC(C)C2C. The van der Waals surface area contributed by atoms with E-state index < -0.39 is 0 Å². The summed E-state index contributed by atoms with van der Waals surface area (Å²) in [4.78, 5) is 6.24. The summed E-state index contributed by atoms with van der Waals surface area (Å²) in [5, 5.41) is 4.52. The van der Waals surface area contributed by atoms with Gasteiger partial charge >= 0.3 is 0 Å². The van der Waals surface area contributed by atoms with Crippen LogP contribution in [0.25, 0.3) is 0 Å². The molecule has 84 valence electrons. The minimum absolute atomic E-state index is 0.641. The maximum atomic E-state index is 4.73. The number of hydrogen-bond donors (Lipinski definition) is 1. The molecule has 0 saturated carbocycles.